The van der Waals surface area contributed by atoms with E-state index in [0.717, 1.165) is 21.8 Å². The van der Waals surface area contributed by atoms with Gasteiger partial charge in [0, 0.05) is 16.8 Å². The van der Waals surface area contributed by atoms with Gasteiger partial charge >= 0.3 is 0 Å². The zero-order valence-corrected chi connectivity index (χ0v) is 17.6. The van der Waals surface area contributed by atoms with Gasteiger partial charge in [-0.25, -0.2) is 4.98 Å². The normalized spacial score (nSPS) is 10.9. The summed E-state index contributed by atoms with van der Waals surface area (Å²) in [4.78, 5) is 17.1. The first-order valence-electron chi connectivity index (χ1n) is 9.12. The number of fused-ring (bicyclic) bond motifs is 1. The first-order chi connectivity index (χ1) is 14.0. The molecule has 29 heavy (non-hydrogen) atoms. The van der Waals surface area contributed by atoms with Crippen molar-refractivity contribution in [3.05, 3.63) is 76.8 Å². The van der Waals surface area contributed by atoms with Crippen LogP contribution in [0.5, 0.6) is 5.75 Å². The number of methoxy groups -OCH3 is 1. The minimum Gasteiger partial charge on any atom is -0.495 e. The Morgan fingerprint density at radius 1 is 1.10 bits per heavy atom. The number of aromatic nitrogens is 1. The number of nitrogens with one attached hydrogen (secondary N) is 1. The number of carbonyl (C=O) groups is 1. The van der Waals surface area contributed by atoms with Crippen LogP contribution >= 0.6 is 22.9 Å². The maximum Gasteiger partial charge on any atom is 0.181 e. The molecule has 0 fully saturated rings. The molecule has 1 heterocycles. The molecule has 4 nitrogen and oxygen atoms in total. The number of aryl methyl sites for hydroxylation is 1. The fourth-order valence-electron chi connectivity index (χ4n) is 3.01. The highest BCUT2D eigenvalue weighted by Gasteiger charge is 2.10. The van der Waals surface area contributed by atoms with Gasteiger partial charge in [0.25, 0.3) is 0 Å². The van der Waals surface area contributed by atoms with E-state index in [9.17, 15) is 4.79 Å². The molecule has 1 N–H and O–H groups in total. The lowest BCUT2D eigenvalue weighted by Crippen LogP contribution is -2.14. The minimum atomic E-state index is -0.0415. The molecule has 146 valence electrons. The van der Waals surface area contributed by atoms with Gasteiger partial charge in [-0.3, -0.25) is 4.79 Å². The average molecular weight is 423 g/mol. The van der Waals surface area contributed by atoms with Crippen molar-refractivity contribution in [3.63, 3.8) is 0 Å². The Bertz CT molecular complexity index is 1190. The van der Waals surface area contributed by atoms with Crippen molar-refractivity contribution in [1.82, 2.24) is 4.98 Å². The third kappa shape index (κ3) is 4.26. The number of hydrogen-bond donors (Lipinski definition) is 1. The van der Waals surface area contributed by atoms with E-state index in [0.29, 0.717) is 16.3 Å². The average Bonchev–Trinajstić information content (AvgIpc) is 3.15. The number of carbonyl (C=O) groups excluding carboxylic acids is 1. The Hall–Kier alpha value is -2.89. The number of thiazole rings is 1. The molecule has 0 radical (unpaired) electrons. The minimum absolute atomic E-state index is 0.0415. The SMILES string of the molecule is COc1ccc(C(=O)CNc2ccc(-c3nc4ccc(C)cc4s3)cc2)cc1Cl. The molecule has 6 heteroatoms. The van der Waals surface area contributed by atoms with E-state index >= 15 is 0 Å². The molecule has 0 aliphatic carbocycles. The van der Waals surface area contributed by atoms with Crippen LogP contribution in [0.4, 0.5) is 5.69 Å². The molecule has 0 aliphatic heterocycles. The second-order valence-electron chi connectivity index (χ2n) is 6.69. The molecule has 0 unspecified atom stereocenters. The van der Waals surface area contributed by atoms with Crippen molar-refractivity contribution in [2.24, 2.45) is 0 Å². The maximum atomic E-state index is 12.4. The summed E-state index contributed by atoms with van der Waals surface area (Å²) in [7, 11) is 1.54. The molecular formula is C23H19ClN2O2S. The lowest BCUT2D eigenvalue weighted by molar-refractivity contribution is 0.101. The summed E-state index contributed by atoms with van der Waals surface area (Å²) in [6.45, 7) is 2.27. The molecule has 0 aliphatic rings. The monoisotopic (exact) mass is 422 g/mol. The first kappa shape index (κ1) is 19.4. The van der Waals surface area contributed by atoms with Crippen LogP contribution in [-0.4, -0.2) is 24.4 Å². The molecule has 4 aromatic rings. The third-order valence-corrected chi connectivity index (χ3v) is 5.97. The number of Topliss-reactive ketones (excluding diaryl/α,β-unsaturated/α-hetero) is 1. The van der Waals surface area contributed by atoms with E-state index in [2.05, 4.69) is 30.4 Å². The number of ketones is 1. The van der Waals surface area contributed by atoms with Crippen LogP contribution in [0.25, 0.3) is 20.8 Å². The molecule has 0 atom stereocenters. The maximum absolute atomic E-state index is 12.4. The van der Waals surface area contributed by atoms with Crippen LogP contribution in [0.2, 0.25) is 5.02 Å². The van der Waals surface area contributed by atoms with Gasteiger partial charge in [0.2, 0.25) is 0 Å². The third-order valence-electron chi connectivity index (χ3n) is 4.60. The molecule has 0 bridgehead atoms. The molecule has 0 saturated heterocycles. The van der Waals surface area contributed by atoms with Gasteiger partial charge in [0.1, 0.15) is 10.8 Å². The van der Waals surface area contributed by atoms with Gasteiger partial charge < -0.3 is 10.1 Å². The summed E-state index contributed by atoms with van der Waals surface area (Å²) >= 11 is 7.78. The van der Waals surface area contributed by atoms with E-state index < -0.39 is 0 Å². The highest BCUT2D eigenvalue weighted by molar-refractivity contribution is 7.21. The molecule has 0 amide bonds. The van der Waals surface area contributed by atoms with Crippen molar-refractivity contribution in [2.45, 2.75) is 6.92 Å². The second kappa shape index (κ2) is 8.23. The summed E-state index contributed by atoms with van der Waals surface area (Å²) in [5.74, 6) is 0.511. The summed E-state index contributed by atoms with van der Waals surface area (Å²) in [6.07, 6.45) is 0. The molecule has 0 saturated carbocycles. The van der Waals surface area contributed by atoms with Crippen LogP contribution in [0.3, 0.4) is 0 Å². The highest BCUT2D eigenvalue weighted by Crippen LogP contribution is 2.31. The number of rotatable bonds is 6. The van der Waals surface area contributed by atoms with Crippen LogP contribution in [-0.2, 0) is 0 Å². The van der Waals surface area contributed by atoms with Gasteiger partial charge in [-0.1, -0.05) is 17.7 Å². The van der Waals surface area contributed by atoms with Gasteiger partial charge in [-0.05, 0) is 67.1 Å². The van der Waals surface area contributed by atoms with Gasteiger partial charge in [-0.15, -0.1) is 11.3 Å². The highest BCUT2D eigenvalue weighted by atomic mass is 35.5. The predicted octanol–water partition coefficient (Wildman–Crippen LogP) is 6.23. The van der Waals surface area contributed by atoms with Crippen LogP contribution in [0.15, 0.2) is 60.7 Å². The standard InChI is InChI=1S/C23H19ClN2O2S/c1-14-3-9-19-22(11-14)29-23(26-19)15-4-7-17(8-5-15)25-13-20(27)16-6-10-21(28-2)18(24)12-16/h3-12,25H,13H2,1-2H3. The fourth-order valence-corrected chi connectivity index (χ4v) is 4.34. The second-order valence-corrected chi connectivity index (χ2v) is 8.13. The van der Waals surface area contributed by atoms with Crippen LogP contribution < -0.4 is 10.1 Å². The smallest absolute Gasteiger partial charge is 0.181 e. The Balaban J connectivity index is 1.44. The Morgan fingerprint density at radius 2 is 1.90 bits per heavy atom. The van der Waals surface area contributed by atoms with E-state index in [4.69, 9.17) is 21.3 Å². The lowest BCUT2D eigenvalue weighted by Gasteiger charge is -2.08. The topological polar surface area (TPSA) is 51.2 Å². The summed E-state index contributed by atoms with van der Waals surface area (Å²) in [5.41, 5.74) is 4.72. The van der Waals surface area contributed by atoms with E-state index in [1.807, 2.05) is 24.3 Å². The summed E-state index contributed by atoms with van der Waals surface area (Å²) in [6, 6.07) is 19.3. The summed E-state index contributed by atoms with van der Waals surface area (Å²) in [5, 5.41) is 4.57. The zero-order chi connectivity index (χ0) is 20.4. The number of benzene rings is 3. The van der Waals surface area contributed by atoms with Crippen molar-refractivity contribution in [1.29, 1.82) is 0 Å². The predicted molar refractivity (Wildman–Crippen MR) is 121 cm³/mol. The van der Waals surface area contributed by atoms with E-state index in [1.165, 1.54) is 10.3 Å². The van der Waals surface area contributed by atoms with Crippen LogP contribution in [0, 0.1) is 6.92 Å². The van der Waals surface area contributed by atoms with Gasteiger partial charge in [0.15, 0.2) is 5.78 Å². The molecule has 3 aromatic carbocycles. The summed E-state index contributed by atoms with van der Waals surface area (Å²) < 4.78 is 6.30. The fraction of sp³-hybridized carbons (Fsp3) is 0.130. The molecule has 1 aromatic heterocycles. The lowest BCUT2D eigenvalue weighted by atomic mass is 10.1. The number of nitrogens with zero attached hydrogens (tertiary/aromatic N) is 1. The Morgan fingerprint density at radius 3 is 2.62 bits per heavy atom. The quantitative estimate of drug-likeness (QED) is 0.374. The van der Waals surface area contributed by atoms with Crippen molar-refractivity contribution >= 4 is 44.6 Å². The van der Waals surface area contributed by atoms with E-state index in [-0.39, 0.29) is 12.3 Å². The number of hydrogen-bond acceptors (Lipinski definition) is 5. The number of halogens is 1. The van der Waals surface area contributed by atoms with Crippen molar-refractivity contribution < 1.29 is 9.53 Å². The Kier molecular flexibility index (Phi) is 5.51. The largest absolute Gasteiger partial charge is 0.495 e. The molecule has 4 rings (SSSR count). The van der Waals surface area contributed by atoms with Gasteiger partial charge in [-0.2, -0.15) is 0 Å². The van der Waals surface area contributed by atoms with Crippen LogP contribution in [0.1, 0.15) is 15.9 Å². The number of ether oxygens (including phenoxy) is 1. The molecule has 0 spiro atoms. The molecular weight excluding hydrogens is 404 g/mol. The van der Waals surface area contributed by atoms with Crippen molar-refractivity contribution in [2.75, 3.05) is 19.0 Å². The first-order valence-corrected chi connectivity index (χ1v) is 10.3. The number of anilines is 1. The Labute approximate surface area is 178 Å². The van der Waals surface area contributed by atoms with Crippen molar-refractivity contribution in [3.8, 4) is 16.3 Å². The van der Waals surface area contributed by atoms with Gasteiger partial charge in [0.05, 0.1) is 28.9 Å². The van der Waals surface area contributed by atoms with E-state index in [1.54, 1.807) is 36.6 Å². The zero-order valence-electron chi connectivity index (χ0n) is 16.0.